The van der Waals surface area contributed by atoms with Crippen LogP contribution in [0, 0.1) is 0 Å². The molecule has 0 bridgehead atoms. The molecule has 0 aliphatic carbocycles. The maximum absolute atomic E-state index is 10.7. The van der Waals surface area contributed by atoms with Crippen molar-refractivity contribution in [3.63, 3.8) is 0 Å². The Balaban J connectivity index is 0. The third kappa shape index (κ3) is 12.2. The zero-order chi connectivity index (χ0) is 15.8. The number of aliphatic hydroxyl groups is 1. The van der Waals surface area contributed by atoms with E-state index in [2.05, 4.69) is 10.2 Å². The molecule has 1 aliphatic rings. The summed E-state index contributed by atoms with van der Waals surface area (Å²) in [5, 5.41) is 11.3. The molecule has 0 saturated carbocycles. The largest absolute Gasteiger partial charge is 0.394 e. The summed E-state index contributed by atoms with van der Waals surface area (Å²) in [5.74, 6) is 0. The Hall–Kier alpha value is -0.850. The van der Waals surface area contributed by atoms with E-state index in [1.54, 1.807) is 0 Å². The topological polar surface area (TPSA) is 87.8 Å². The van der Waals surface area contributed by atoms with Gasteiger partial charge in [0, 0.05) is 19.1 Å². The number of rotatable bonds is 6. The van der Waals surface area contributed by atoms with Crippen molar-refractivity contribution in [2.45, 2.75) is 46.6 Å². The molecular formula is C14H33N3O3. The van der Waals surface area contributed by atoms with Crippen LogP contribution in [0.25, 0.3) is 0 Å². The summed E-state index contributed by atoms with van der Waals surface area (Å²) in [6.07, 6.45) is 2.04. The Morgan fingerprint density at radius 2 is 2.00 bits per heavy atom. The Kier molecular flexibility index (Phi) is 17.4. The van der Waals surface area contributed by atoms with Gasteiger partial charge in [-0.05, 0) is 19.4 Å². The van der Waals surface area contributed by atoms with Crippen LogP contribution in [0.15, 0.2) is 0 Å². The molecule has 4 N–H and O–H groups in total. The molecule has 1 aliphatic heterocycles. The van der Waals surface area contributed by atoms with E-state index in [0.717, 1.165) is 32.5 Å². The van der Waals surface area contributed by atoms with E-state index in [1.165, 1.54) is 0 Å². The number of aliphatic hydroxyl groups excluding tert-OH is 1. The number of ether oxygens (including phenoxy) is 1. The number of likely N-dealkylation sites (tertiary alicyclic amines) is 1. The zero-order valence-corrected chi connectivity index (χ0v) is 13.5. The summed E-state index contributed by atoms with van der Waals surface area (Å²) in [7, 11) is 0. The van der Waals surface area contributed by atoms with Gasteiger partial charge in [0.1, 0.15) is 0 Å². The van der Waals surface area contributed by atoms with Crippen molar-refractivity contribution in [1.82, 2.24) is 10.2 Å². The number of nitrogens with one attached hydrogen (secondary N) is 1. The molecule has 1 saturated heterocycles. The lowest BCUT2D eigenvalue weighted by atomic mass is 10.1. The van der Waals surface area contributed by atoms with Crippen LogP contribution in [-0.4, -0.2) is 61.5 Å². The quantitative estimate of drug-likeness (QED) is 0.641. The number of nitrogens with two attached hydrogens (primary N) is 1. The molecule has 1 rings (SSSR count). The van der Waals surface area contributed by atoms with Gasteiger partial charge in [0.15, 0.2) is 0 Å². The minimum absolute atomic E-state index is 0.0614. The molecule has 2 amide bonds. The molecule has 1 unspecified atom stereocenters. The van der Waals surface area contributed by atoms with E-state index >= 15 is 0 Å². The summed E-state index contributed by atoms with van der Waals surface area (Å²) in [6, 6.07) is -0.299. The van der Waals surface area contributed by atoms with Crippen molar-refractivity contribution in [2.75, 3.05) is 39.5 Å². The van der Waals surface area contributed by atoms with Crippen molar-refractivity contribution in [3.05, 3.63) is 0 Å². The molecule has 122 valence electrons. The second-order valence-electron chi connectivity index (χ2n) is 3.98. The summed E-state index contributed by atoms with van der Waals surface area (Å²) < 4.78 is 5.20. The fourth-order valence-corrected chi connectivity index (χ4v) is 1.94. The van der Waals surface area contributed by atoms with E-state index in [-0.39, 0.29) is 12.6 Å². The van der Waals surface area contributed by atoms with E-state index in [1.807, 2.05) is 27.7 Å². The van der Waals surface area contributed by atoms with E-state index < -0.39 is 6.03 Å². The van der Waals surface area contributed by atoms with Gasteiger partial charge in [-0.25, -0.2) is 4.79 Å². The number of hydrogen-bond acceptors (Lipinski definition) is 4. The standard InChI is InChI=1S/C10H21N3O3.2C2H6/c11-10(15)12-9-2-1-3-13(8-9)4-6-16-7-5-14;2*1-2/h9,14H,1-8H2,(H3,11,12,15);2*1-2H3. The fraction of sp³-hybridized carbons (Fsp3) is 0.929. The van der Waals surface area contributed by atoms with Crippen molar-refractivity contribution in [3.8, 4) is 0 Å². The van der Waals surface area contributed by atoms with Crippen LogP contribution in [0.5, 0.6) is 0 Å². The first-order chi connectivity index (χ1) is 9.72. The lowest BCUT2D eigenvalue weighted by molar-refractivity contribution is 0.0662. The highest BCUT2D eigenvalue weighted by atomic mass is 16.5. The van der Waals surface area contributed by atoms with Crippen molar-refractivity contribution >= 4 is 6.03 Å². The van der Waals surface area contributed by atoms with Gasteiger partial charge in [0.05, 0.1) is 19.8 Å². The first-order valence-corrected chi connectivity index (χ1v) is 7.69. The Morgan fingerprint density at radius 1 is 1.35 bits per heavy atom. The molecule has 0 aromatic carbocycles. The van der Waals surface area contributed by atoms with E-state index in [0.29, 0.717) is 13.2 Å². The highest BCUT2D eigenvalue weighted by Crippen LogP contribution is 2.09. The summed E-state index contributed by atoms with van der Waals surface area (Å²) in [5.41, 5.74) is 5.09. The molecule has 0 radical (unpaired) electrons. The van der Waals surface area contributed by atoms with Crippen LogP contribution in [0.1, 0.15) is 40.5 Å². The highest BCUT2D eigenvalue weighted by molar-refractivity contribution is 5.71. The second-order valence-corrected chi connectivity index (χ2v) is 3.98. The monoisotopic (exact) mass is 291 g/mol. The SMILES string of the molecule is CC.CC.NC(=O)NC1CCCN(CCOCCO)C1. The summed E-state index contributed by atoms with van der Waals surface area (Å²) in [4.78, 5) is 13.0. The minimum atomic E-state index is -0.455. The number of nitrogens with zero attached hydrogens (tertiary/aromatic N) is 1. The number of carbonyl (C=O) groups excluding carboxylic acids is 1. The Labute approximate surface area is 123 Å². The summed E-state index contributed by atoms with van der Waals surface area (Å²) in [6.45, 7) is 11.7. The molecule has 1 atom stereocenters. The molecule has 1 fully saturated rings. The molecule has 6 nitrogen and oxygen atoms in total. The molecule has 20 heavy (non-hydrogen) atoms. The number of amides is 2. The van der Waals surface area contributed by atoms with Gasteiger partial charge >= 0.3 is 6.03 Å². The first kappa shape index (κ1) is 21.4. The van der Waals surface area contributed by atoms with Crippen molar-refractivity contribution in [1.29, 1.82) is 0 Å². The molecule has 1 heterocycles. The average molecular weight is 291 g/mol. The number of hydrogen-bond donors (Lipinski definition) is 3. The third-order valence-electron chi connectivity index (χ3n) is 2.64. The van der Waals surface area contributed by atoms with Gasteiger partial charge in [-0.2, -0.15) is 0 Å². The van der Waals surface area contributed by atoms with E-state index in [4.69, 9.17) is 15.6 Å². The maximum atomic E-state index is 10.7. The lowest BCUT2D eigenvalue weighted by Crippen LogP contribution is -2.49. The maximum Gasteiger partial charge on any atom is 0.312 e. The number of urea groups is 1. The van der Waals surface area contributed by atoms with Crippen LogP contribution in [0.3, 0.4) is 0 Å². The smallest absolute Gasteiger partial charge is 0.312 e. The van der Waals surface area contributed by atoms with Crippen LogP contribution in [0.2, 0.25) is 0 Å². The molecular weight excluding hydrogens is 258 g/mol. The van der Waals surface area contributed by atoms with Crippen LogP contribution >= 0.6 is 0 Å². The lowest BCUT2D eigenvalue weighted by Gasteiger charge is -2.32. The number of piperidine rings is 1. The minimum Gasteiger partial charge on any atom is -0.394 e. The van der Waals surface area contributed by atoms with Gasteiger partial charge in [-0.3, -0.25) is 4.90 Å². The molecule has 0 spiro atoms. The van der Waals surface area contributed by atoms with Gasteiger partial charge in [0.2, 0.25) is 0 Å². The zero-order valence-electron chi connectivity index (χ0n) is 13.5. The van der Waals surface area contributed by atoms with E-state index in [9.17, 15) is 4.79 Å². The summed E-state index contributed by atoms with van der Waals surface area (Å²) >= 11 is 0. The van der Waals surface area contributed by atoms with Gasteiger partial charge in [-0.15, -0.1) is 0 Å². The Morgan fingerprint density at radius 3 is 2.55 bits per heavy atom. The number of carbonyl (C=O) groups is 1. The fourth-order valence-electron chi connectivity index (χ4n) is 1.94. The third-order valence-corrected chi connectivity index (χ3v) is 2.64. The normalized spacial score (nSPS) is 18.1. The molecule has 6 heteroatoms. The van der Waals surface area contributed by atoms with Crippen LogP contribution in [0.4, 0.5) is 4.79 Å². The molecule has 0 aromatic rings. The van der Waals surface area contributed by atoms with Crippen molar-refractivity contribution < 1.29 is 14.6 Å². The van der Waals surface area contributed by atoms with Gasteiger partial charge < -0.3 is 20.9 Å². The van der Waals surface area contributed by atoms with Crippen LogP contribution in [-0.2, 0) is 4.74 Å². The van der Waals surface area contributed by atoms with Gasteiger partial charge in [0.25, 0.3) is 0 Å². The predicted molar refractivity (Wildman–Crippen MR) is 82.8 cm³/mol. The average Bonchev–Trinajstić information content (AvgIpc) is 2.48. The Bertz CT molecular complexity index is 216. The molecule has 0 aromatic heterocycles. The van der Waals surface area contributed by atoms with Crippen molar-refractivity contribution in [2.24, 2.45) is 5.73 Å². The first-order valence-electron chi connectivity index (χ1n) is 7.69. The predicted octanol–water partition coefficient (Wildman–Crippen LogP) is 1.18. The highest BCUT2D eigenvalue weighted by Gasteiger charge is 2.19. The second kappa shape index (κ2) is 16.2. The van der Waals surface area contributed by atoms with Crippen LogP contribution < -0.4 is 11.1 Å². The number of primary amides is 1. The van der Waals surface area contributed by atoms with Gasteiger partial charge in [-0.1, -0.05) is 27.7 Å².